The quantitative estimate of drug-likeness (QED) is 0.782. The van der Waals surface area contributed by atoms with Gasteiger partial charge in [-0.3, -0.25) is 0 Å². The average molecular weight is 251 g/mol. The number of rotatable bonds is 7. The molecule has 2 N–H and O–H groups in total. The molecule has 0 saturated heterocycles. The van der Waals surface area contributed by atoms with E-state index < -0.39 is 5.97 Å². The molecule has 0 fully saturated rings. The monoisotopic (exact) mass is 251 g/mol. The van der Waals surface area contributed by atoms with Crippen LogP contribution in [-0.2, 0) is 4.74 Å². The van der Waals surface area contributed by atoms with E-state index in [0.29, 0.717) is 12.2 Å². The summed E-state index contributed by atoms with van der Waals surface area (Å²) < 4.78 is 5.16. The molecule has 1 aromatic rings. The van der Waals surface area contributed by atoms with Crippen molar-refractivity contribution in [2.45, 2.75) is 32.7 Å². The van der Waals surface area contributed by atoms with Crippen LogP contribution in [0, 0.1) is 6.92 Å². The Hall–Kier alpha value is -1.55. The van der Waals surface area contributed by atoms with Crippen LogP contribution < -0.4 is 5.32 Å². The van der Waals surface area contributed by atoms with E-state index >= 15 is 0 Å². The fourth-order valence-corrected chi connectivity index (χ4v) is 1.98. The van der Waals surface area contributed by atoms with Gasteiger partial charge in [-0.25, -0.2) is 4.79 Å². The third kappa shape index (κ3) is 4.04. The lowest BCUT2D eigenvalue weighted by molar-refractivity contribution is 0.0696. The van der Waals surface area contributed by atoms with E-state index in [9.17, 15) is 4.79 Å². The van der Waals surface area contributed by atoms with Gasteiger partial charge in [0.15, 0.2) is 0 Å². The molecule has 0 aliphatic rings. The minimum atomic E-state index is -0.888. The first-order valence-corrected chi connectivity index (χ1v) is 6.17. The second kappa shape index (κ2) is 7.01. The summed E-state index contributed by atoms with van der Waals surface area (Å²) in [6.07, 6.45) is 2.10. The van der Waals surface area contributed by atoms with Crippen LogP contribution in [-0.4, -0.2) is 30.8 Å². The topological polar surface area (TPSA) is 58.6 Å². The van der Waals surface area contributed by atoms with Crippen LogP contribution >= 0.6 is 0 Å². The number of methoxy groups -OCH3 is 1. The molecule has 0 aliphatic carbocycles. The summed E-state index contributed by atoms with van der Waals surface area (Å²) in [6, 6.07) is 5.56. The number of aryl methyl sites for hydroxylation is 1. The van der Waals surface area contributed by atoms with Crippen molar-refractivity contribution in [3.8, 4) is 0 Å². The predicted octanol–water partition coefficient (Wildman–Crippen LogP) is 2.92. The molecule has 1 unspecified atom stereocenters. The first-order valence-electron chi connectivity index (χ1n) is 6.17. The highest BCUT2D eigenvalue weighted by Gasteiger charge is 2.10. The molecule has 0 heterocycles. The SMILES string of the molecule is CCCC(COC)Nc1ccc(C(=O)O)c(C)c1. The molecule has 100 valence electrons. The molecule has 1 rings (SSSR count). The first-order chi connectivity index (χ1) is 8.58. The average Bonchev–Trinajstić information content (AvgIpc) is 2.29. The van der Waals surface area contributed by atoms with Crippen LogP contribution in [0.5, 0.6) is 0 Å². The second-order valence-corrected chi connectivity index (χ2v) is 4.42. The fraction of sp³-hybridized carbons (Fsp3) is 0.500. The summed E-state index contributed by atoms with van der Waals surface area (Å²) in [5.41, 5.74) is 2.05. The van der Waals surface area contributed by atoms with Crippen LogP contribution in [0.4, 0.5) is 5.69 Å². The van der Waals surface area contributed by atoms with Gasteiger partial charge in [-0.1, -0.05) is 13.3 Å². The van der Waals surface area contributed by atoms with E-state index in [2.05, 4.69) is 12.2 Å². The zero-order valence-electron chi connectivity index (χ0n) is 11.2. The molecular weight excluding hydrogens is 230 g/mol. The summed E-state index contributed by atoms with van der Waals surface area (Å²) in [7, 11) is 1.68. The largest absolute Gasteiger partial charge is 0.478 e. The first kappa shape index (κ1) is 14.5. The van der Waals surface area contributed by atoms with Crippen molar-refractivity contribution in [3.63, 3.8) is 0 Å². The summed E-state index contributed by atoms with van der Waals surface area (Å²) in [4.78, 5) is 10.9. The standard InChI is InChI=1S/C14H21NO3/c1-4-5-12(9-18-3)15-11-6-7-13(14(16)17)10(2)8-11/h6-8,12,15H,4-5,9H2,1-3H3,(H,16,17). The molecule has 18 heavy (non-hydrogen) atoms. The van der Waals surface area contributed by atoms with E-state index in [0.717, 1.165) is 24.1 Å². The van der Waals surface area contributed by atoms with Crippen LogP contribution in [0.25, 0.3) is 0 Å². The number of ether oxygens (including phenoxy) is 1. The highest BCUT2D eigenvalue weighted by molar-refractivity contribution is 5.89. The molecular formula is C14H21NO3. The third-order valence-electron chi connectivity index (χ3n) is 2.83. The van der Waals surface area contributed by atoms with Gasteiger partial charge in [-0.15, -0.1) is 0 Å². The lowest BCUT2D eigenvalue weighted by Gasteiger charge is -2.19. The Morgan fingerprint density at radius 1 is 1.50 bits per heavy atom. The second-order valence-electron chi connectivity index (χ2n) is 4.42. The maximum atomic E-state index is 10.9. The maximum Gasteiger partial charge on any atom is 0.335 e. The van der Waals surface area contributed by atoms with Crippen LogP contribution in [0.1, 0.15) is 35.7 Å². The zero-order valence-corrected chi connectivity index (χ0v) is 11.2. The Labute approximate surface area is 108 Å². The van der Waals surface area contributed by atoms with Gasteiger partial charge in [0.05, 0.1) is 12.2 Å². The van der Waals surface area contributed by atoms with Crippen LogP contribution in [0.2, 0.25) is 0 Å². The highest BCUT2D eigenvalue weighted by atomic mass is 16.5. The number of hydrogen-bond donors (Lipinski definition) is 2. The summed E-state index contributed by atoms with van der Waals surface area (Å²) in [5, 5.41) is 12.3. The zero-order chi connectivity index (χ0) is 13.5. The van der Waals surface area contributed by atoms with Gasteiger partial charge in [0.25, 0.3) is 0 Å². The highest BCUT2D eigenvalue weighted by Crippen LogP contribution is 2.17. The maximum absolute atomic E-state index is 10.9. The third-order valence-corrected chi connectivity index (χ3v) is 2.83. The molecule has 0 radical (unpaired) electrons. The number of nitrogens with one attached hydrogen (secondary N) is 1. The van der Waals surface area contributed by atoms with Crippen molar-refractivity contribution in [1.29, 1.82) is 0 Å². The number of carboxylic acids is 1. The van der Waals surface area contributed by atoms with Gasteiger partial charge in [-0.05, 0) is 37.1 Å². The van der Waals surface area contributed by atoms with Gasteiger partial charge in [-0.2, -0.15) is 0 Å². The molecule has 0 spiro atoms. The van der Waals surface area contributed by atoms with Gasteiger partial charge < -0.3 is 15.2 Å². The molecule has 0 aromatic heterocycles. The number of hydrogen-bond acceptors (Lipinski definition) is 3. The van der Waals surface area contributed by atoms with Gasteiger partial charge in [0.2, 0.25) is 0 Å². The van der Waals surface area contributed by atoms with Crippen molar-refractivity contribution in [3.05, 3.63) is 29.3 Å². The van der Waals surface area contributed by atoms with Crippen molar-refractivity contribution in [2.75, 3.05) is 19.0 Å². The van der Waals surface area contributed by atoms with E-state index in [-0.39, 0.29) is 6.04 Å². The van der Waals surface area contributed by atoms with Crippen molar-refractivity contribution < 1.29 is 14.6 Å². The molecule has 0 aliphatic heterocycles. The number of carboxylic acid groups (broad SMARTS) is 1. The summed E-state index contributed by atoms with van der Waals surface area (Å²) in [6.45, 7) is 4.58. The number of benzene rings is 1. The van der Waals surface area contributed by atoms with E-state index in [1.165, 1.54) is 0 Å². The predicted molar refractivity (Wildman–Crippen MR) is 72.3 cm³/mol. The normalized spacial score (nSPS) is 12.2. The minimum absolute atomic E-state index is 0.259. The molecule has 4 heteroatoms. The summed E-state index contributed by atoms with van der Waals surface area (Å²) >= 11 is 0. The van der Waals surface area contributed by atoms with Crippen LogP contribution in [0.3, 0.4) is 0 Å². The molecule has 1 aromatic carbocycles. The van der Waals surface area contributed by atoms with E-state index in [4.69, 9.17) is 9.84 Å². The van der Waals surface area contributed by atoms with Crippen molar-refractivity contribution in [2.24, 2.45) is 0 Å². The fourth-order valence-electron chi connectivity index (χ4n) is 1.98. The summed E-state index contributed by atoms with van der Waals surface area (Å²) in [5.74, 6) is -0.888. The van der Waals surface area contributed by atoms with E-state index in [1.54, 1.807) is 26.2 Å². The molecule has 1 atom stereocenters. The van der Waals surface area contributed by atoms with Crippen LogP contribution in [0.15, 0.2) is 18.2 Å². The number of aromatic carboxylic acids is 1. The number of carbonyl (C=O) groups is 1. The molecule has 0 amide bonds. The Bertz CT molecular complexity index is 398. The molecule has 0 bridgehead atoms. The van der Waals surface area contributed by atoms with Gasteiger partial charge in [0.1, 0.15) is 0 Å². The van der Waals surface area contributed by atoms with Crippen molar-refractivity contribution in [1.82, 2.24) is 0 Å². The van der Waals surface area contributed by atoms with Gasteiger partial charge >= 0.3 is 5.97 Å². The van der Waals surface area contributed by atoms with E-state index in [1.807, 2.05) is 6.07 Å². The lowest BCUT2D eigenvalue weighted by Crippen LogP contribution is -2.24. The minimum Gasteiger partial charge on any atom is -0.478 e. The van der Waals surface area contributed by atoms with Crippen molar-refractivity contribution >= 4 is 11.7 Å². The van der Waals surface area contributed by atoms with Gasteiger partial charge in [0, 0.05) is 18.8 Å². The smallest absolute Gasteiger partial charge is 0.335 e. The molecule has 4 nitrogen and oxygen atoms in total. The lowest BCUT2D eigenvalue weighted by atomic mass is 10.1. The Morgan fingerprint density at radius 2 is 2.22 bits per heavy atom. The Balaban J connectivity index is 2.77. The Morgan fingerprint density at radius 3 is 2.72 bits per heavy atom. The Kier molecular flexibility index (Phi) is 5.65. The molecule has 0 saturated carbocycles. The number of anilines is 1.